The van der Waals surface area contributed by atoms with Gasteiger partial charge in [0.15, 0.2) is 5.17 Å². The number of nitro benzene ring substituents is 1. The second kappa shape index (κ2) is 8.78. The van der Waals surface area contributed by atoms with Crippen molar-refractivity contribution in [2.24, 2.45) is 4.99 Å². The third-order valence-corrected chi connectivity index (χ3v) is 5.22. The van der Waals surface area contributed by atoms with E-state index in [0.29, 0.717) is 33.6 Å². The second-order valence-electron chi connectivity index (χ2n) is 5.94. The third kappa shape index (κ3) is 4.40. The first-order valence-electron chi connectivity index (χ1n) is 8.73. The minimum absolute atomic E-state index is 0.0763. The van der Waals surface area contributed by atoms with Crippen LogP contribution in [0.3, 0.4) is 0 Å². The van der Waals surface area contributed by atoms with Crippen LogP contribution in [-0.2, 0) is 4.79 Å². The van der Waals surface area contributed by atoms with Gasteiger partial charge in [-0.15, -0.1) is 0 Å². The smallest absolute Gasteiger partial charge is 0.270 e. The van der Waals surface area contributed by atoms with Crippen LogP contribution in [0.15, 0.2) is 52.4 Å². The SMILES string of the molecule is CCN1C(=O)/C(=C\c2cc([N+](=O)[O-])ccc2OC)SC1=Nc1ccc(OC)cc1. The Morgan fingerprint density at radius 3 is 2.48 bits per heavy atom. The molecule has 0 atom stereocenters. The van der Waals surface area contributed by atoms with Gasteiger partial charge in [0, 0.05) is 24.2 Å². The zero-order valence-corrected chi connectivity index (χ0v) is 16.9. The Hall–Kier alpha value is -3.33. The molecule has 150 valence electrons. The lowest BCUT2D eigenvalue weighted by Crippen LogP contribution is -2.28. The maximum atomic E-state index is 12.8. The number of benzene rings is 2. The van der Waals surface area contributed by atoms with Crippen molar-refractivity contribution in [2.75, 3.05) is 20.8 Å². The Morgan fingerprint density at radius 2 is 1.90 bits per heavy atom. The predicted octanol–water partition coefficient (Wildman–Crippen LogP) is 4.24. The Bertz CT molecular complexity index is 1000. The van der Waals surface area contributed by atoms with Gasteiger partial charge in [0.05, 0.1) is 29.7 Å². The molecule has 0 bridgehead atoms. The van der Waals surface area contributed by atoms with Crippen LogP contribution in [0.25, 0.3) is 6.08 Å². The lowest BCUT2D eigenvalue weighted by atomic mass is 10.1. The van der Waals surface area contributed by atoms with E-state index in [4.69, 9.17) is 9.47 Å². The summed E-state index contributed by atoms with van der Waals surface area (Å²) in [6.45, 7) is 2.31. The molecule has 3 rings (SSSR count). The highest BCUT2D eigenvalue weighted by Gasteiger charge is 2.32. The molecule has 0 aromatic heterocycles. The number of likely N-dealkylation sites (N-methyl/N-ethyl adjacent to an activating group) is 1. The van der Waals surface area contributed by atoms with Crippen LogP contribution in [0.5, 0.6) is 11.5 Å². The average Bonchev–Trinajstić information content (AvgIpc) is 3.02. The van der Waals surface area contributed by atoms with Gasteiger partial charge in [-0.2, -0.15) is 0 Å². The molecule has 0 spiro atoms. The van der Waals surface area contributed by atoms with E-state index in [2.05, 4.69) is 4.99 Å². The number of ether oxygens (including phenoxy) is 2. The molecule has 0 saturated carbocycles. The van der Waals surface area contributed by atoms with Crippen molar-refractivity contribution in [3.63, 3.8) is 0 Å². The average molecular weight is 413 g/mol. The molecular formula is C20H19N3O5S. The van der Waals surface area contributed by atoms with Gasteiger partial charge in [-0.1, -0.05) is 0 Å². The number of hydrogen-bond acceptors (Lipinski definition) is 7. The summed E-state index contributed by atoms with van der Waals surface area (Å²) in [6.07, 6.45) is 1.60. The van der Waals surface area contributed by atoms with E-state index < -0.39 is 4.92 Å². The van der Waals surface area contributed by atoms with Crippen LogP contribution in [-0.4, -0.2) is 41.7 Å². The maximum Gasteiger partial charge on any atom is 0.270 e. The Labute approximate surface area is 172 Å². The number of nitrogens with zero attached hydrogens (tertiary/aromatic N) is 3. The van der Waals surface area contributed by atoms with E-state index in [1.807, 2.05) is 6.92 Å². The molecule has 1 amide bonds. The van der Waals surface area contributed by atoms with Gasteiger partial charge in [0.1, 0.15) is 11.5 Å². The van der Waals surface area contributed by atoms with Gasteiger partial charge in [0.2, 0.25) is 0 Å². The lowest BCUT2D eigenvalue weighted by Gasteiger charge is -2.12. The quantitative estimate of drug-likeness (QED) is 0.399. The predicted molar refractivity (Wildman–Crippen MR) is 113 cm³/mol. The van der Waals surface area contributed by atoms with E-state index in [1.54, 1.807) is 42.4 Å². The summed E-state index contributed by atoms with van der Waals surface area (Å²) in [5, 5.41) is 11.6. The van der Waals surface area contributed by atoms with Crippen molar-refractivity contribution in [1.29, 1.82) is 0 Å². The minimum Gasteiger partial charge on any atom is -0.497 e. The van der Waals surface area contributed by atoms with Crippen molar-refractivity contribution < 1.29 is 19.2 Å². The fourth-order valence-corrected chi connectivity index (χ4v) is 3.78. The largest absolute Gasteiger partial charge is 0.497 e. The molecule has 1 aliphatic rings. The number of nitro groups is 1. The minimum atomic E-state index is -0.486. The molecule has 9 heteroatoms. The number of hydrogen-bond donors (Lipinski definition) is 0. The van der Waals surface area contributed by atoms with Crippen molar-refractivity contribution in [3.8, 4) is 11.5 Å². The first kappa shape index (κ1) is 20.4. The van der Waals surface area contributed by atoms with Crippen molar-refractivity contribution >= 4 is 40.3 Å². The van der Waals surface area contributed by atoms with Gasteiger partial charge < -0.3 is 9.47 Å². The summed E-state index contributed by atoms with van der Waals surface area (Å²) in [4.78, 5) is 30.0. The number of carbonyl (C=O) groups is 1. The van der Waals surface area contributed by atoms with Crippen LogP contribution in [0.4, 0.5) is 11.4 Å². The van der Waals surface area contributed by atoms with Gasteiger partial charge >= 0.3 is 0 Å². The fourth-order valence-electron chi connectivity index (χ4n) is 2.73. The summed E-state index contributed by atoms with van der Waals surface area (Å²) in [5.41, 5.74) is 1.07. The molecule has 0 radical (unpaired) electrons. The summed E-state index contributed by atoms with van der Waals surface area (Å²) >= 11 is 1.22. The van der Waals surface area contributed by atoms with E-state index in [1.165, 1.54) is 37.1 Å². The number of methoxy groups -OCH3 is 2. The molecule has 2 aromatic rings. The zero-order chi connectivity index (χ0) is 21.0. The number of amidine groups is 1. The number of non-ortho nitro benzene ring substituents is 1. The topological polar surface area (TPSA) is 94.3 Å². The van der Waals surface area contributed by atoms with Crippen LogP contribution >= 0.6 is 11.8 Å². The molecule has 0 aliphatic carbocycles. The highest BCUT2D eigenvalue weighted by atomic mass is 32.2. The zero-order valence-electron chi connectivity index (χ0n) is 16.1. The molecule has 1 saturated heterocycles. The number of amides is 1. The molecule has 8 nitrogen and oxygen atoms in total. The van der Waals surface area contributed by atoms with Crippen LogP contribution in [0.1, 0.15) is 12.5 Å². The van der Waals surface area contributed by atoms with Gasteiger partial charge in [-0.05, 0) is 55.1 Å². The third-order valence-electron chi connectivity index (χ3n) is 4.21. The molecule has 1 fully saturated rings. The molecule has 1 heterocycles. The lowest BCUT2D eigenvalue weighted by molar-refractivity contribution is -0.384. The van der Waals surface area contributed by atoms with E-state index in [9.17, 15) is 14.9 Å². The summed E-state index contributed by atoms with van der Waals surface area (Å²) in [5.74, 6) is 0.952. The van der Waals surface area contributed by atoms with Crippen molar-refractivity contribution in [1.82, 2.24) is 4.90 Å². The van der Waals surface area contributed by atoms with E-state index >= 15 is 0 Å². The molecule has 29 heavy (non-hydrogen) atoms. The van der Waals surface area contributed by atoms with Gasteiger partial charge in [-0.25, -0.2) is 4.99 Å². The molecule has 2 aromatic carbocycles. The number of rotatable bonds is 6. The molecular weight excluding hydrogens is 394 g/mol. The monoisotopic (exact) mass is 413 g/mol. The van der Waals surface area contributed by atoms with Crippen LogP contribution in [0.2, 0.25) is 0 Å². The van der Waals surface area contributed by atoms with Gasteiger partial charge in [-0.3, -0.25) is 19.8 Å². The summed E-state index contributed by atoms with van der Waals surface area (Å²) in [6, 6.07) is 11.4. The molecule has 0 unspecified atom stereocenters. The first-order valence-corrected chi connectivity index (χ1v) is 9.55. The Kier molecular flexibility index (Phi) is 6.18. The number of carbonyl (C=O) groups excluding carboxylic acids is 1. The maximum absolute atomic E-state index is 12.8. The van der Waals surface area contributed by atoms with Crippen molar-refractivity contribution in [2.45, 2.75) is 6.92 Å². The van der Waals surface area contributed by atoms with E-state index in [0.717, 1.165) is 5.75 Å². The summed E-state index contributed by atoms with van der Waals surface area (Å²) < 4.78 is 10.4. The van der Waals surface area contributed by atoms with Gasteiger partial charge in [0.25, 0.3) is 11.6 Å². The number of thioether (sulfide) groups is 1. The van der Waals surface area contributed by atoms with Crippen LogP contribution in [0, 0.1) is 10.1 Å². The fraction of sp³-hybridized carbons (Fsp3) is 0.200. The Morgan fingerprint density at radius 1 is 1.17 bits per heavy atom. The van der Waals surface area contributed by atoms with E-state index in [-0.39, 0.29) is 11.6 Å². The second-order valence-corrected chi connectivity index (χ2v) is 6.94. The van der Waals surface area contributed by atoms with Crippen molar-refractivity contribution in [3.05, 3.63) is 63.0 Å². The first-order chi connectivity index (χ1) is 14.0. The highest BCUT2D eigenvalue weighted by molar-refractivity contribution is 8.18. The molecule has 0 N–H and O–H groups in total. The van der Waals surface area contributed by atoms with Crippen LogP contribution < -0.4 is 9.47 Å². The normalized spacial score (nSPS) is 16.5. The highest BCUT2D eigenvalue weighted by Crippen LogP contribution is 2.36. The molecule has 1 aliphatic heterocycles. The number of aliphatic imine (C=N–C) groups is 1. The summed E-state index contributed by atoms with van der Waals surface area (Å²) in [7, 11) is 3.06. The standard InChI is InChI=1S/C20H19N3O5S/c1-4-22-19(24)18(12-13-11-15(23(25)26)7-10-17(13)28-3)29-20(22)21-14-5-8-16(27-2)9-6-14/h5-12H,4H2,1-3H3/b18-12+,21-20?. The Balaban J connectivity index is 1.97.